The molecule has 7 rings (SSSR count). The third-order valence-corrected chi connectivity index (χ3v) is 9.88. The first-order valence-corrected chi connectivity index (χ1v) is 15.4. The number of aromatic nitrogens is 3. The van der Waals surface area contributed by atoms with Gasteiger partial charge in [0.15, 0.2) is 5.82 Å². The highest BCUT2D eigenvalue weighted by atomic mass is 35.5. The zero-order valence-corrected chi connectivity index (χ0v) is 25.6. The lowest BCUT2D eigenvalue weighted by atomic mass is 9.95. The van der Waals surface area contributed by atoms with Gasteiger partial charge in [0.05, 0.1) is 23.1 Å². The van der Waals surface area contributed by atoms with Gasteiger partial charge in [0.25, 0.3) is 0 Å². The largest absolute Gasteiger partial charge is 0.461 e. The third-order valence-electron chi connectivity index (χ3n) is 9.56. The number of carbonyl (C=O) groups is 1. The molecule has 12 heteroatoms. The number of hydrogen-bond donors (Lipinski definition) is 1. The fourth-order valence-corrected chi connectivity index (χ4v) is 7.58. The van der Waals surface area contributed by atoms with Gasteiger partial charge in [-0.3, -0.25) is 14.7 Å². The van der Waals surface area contributed by atoms with Crippen molar-refractivity contribution in [1.82, 2.24) is 24.8 Å². The van der Waals surface area contributed by atoms with Crippen LogP contribution in [0.25, 0.3) is 32.9 Å². The molecule has 9 nitrogen and oxygen atoms in total. The number of rotatable bonds is 7. The molecule has 0 saturated carbocycles. The molecule has 2 aromatic carbocycles. The Balaban J connectivity index is 1.33. The number of anilines is 1. The van der Waals surface area contributed by atoms with Gasteiger partial charge in [-0.05, 0) is 36.9 Å². The Bertz CT molecular complexity index is 1820. The lowest BCUT2D eigenvalue weighted by Gasteiger charge is -2.31. The summed E-state index contributed by atoms with van der Waals surface area (Å²) in [5.74, 6) is -0.685. The van der Waals surface area contributed by atoms with Crippen LogP contribution in [0.2, 0.25) is 5.02 Å². The van der Waals surface area contributed by atoms with E-state index in [4.69, 9.17) is 16.3 Å². The molecule has 45 heavy (non-hydrogen) atoms. The molecule has 4 aromatic rings. The number of amides is 1. The van der Waals surface area contributed by atoms with E-state index in [-0.39, 0.29) is 48.6 Å². The molecular formula is C33H33ClF2N6O3. The number of alkyl halides is 1. The SMILES string of the molecule is C=CC(=O)N1C[C@H](O)[C@@H](N(C)c2nc(OC[C@@]34CCCN3C[C@H](F)C4)nc3c(F)c(-c4cccc5cccc(Cl)c45)ncc23)C1. The molecule has 2 aromatic heterocycles. The number of nitrogens with zero attached hydrogens (tertiary/aromatic N) is 6. The summed E-state index contributed by atoms with van der Waals surface area (Å²) in [6.45, 7) is 5.21. The monoisotopic (exact) mass is 634 g/mol. The van der Waals surface area contributed by atoms with E-state index in [2.05, 4.69) is 26.4 Å². The van der Waals surface area contributed by atoms with Crippen molar-refractivity contribution in [3.05, 3.63) is 66.1 Å². The summed E-state index contributed by atoms with van der Waals surface area (Å²) >= 11 is 6.57. The number of halogens is 3. The van der Waals surface area contributed by atoms with Crippen LogP contribution >= 0.6 is 11.6 Å². The van der Waals surface area contributed by atoms with Crippen molar-refractivity contribution >= 4 is 45.0 Å². The number of carbonyl (C=O) groups excluding carboxylic acids is 1. The van der Waals surface area contributed by atoms with Gasteiger partial charge < -0.3 is 19.6 Å². The quantitative estimate of drug-likeness (QED) is 0.290. The third kappa shape index (κ3) is 5.07. The van der Waals surface area contributed by atoms with Gasteiger partial charge in [0.1, 0.15) is 29.8 Å². The van der Waals surface area contributed by atoms with Crippen molar-refractivity contribution in [3.8, 4) is 17.3 Å². The predicted octanol–water partition coefficient (Wildman–Crippen LogP) is 4.79. The molecule has 0 radical (unpaired) electrons. The van der Waals surface area contributed by atoms with Crippen molar-refractivity contribution in [2.75, 3.05) is 44.7 Å². The average Bonchev–Trinajstić information content (AvgIpc) is 3.70. The van der Waals surface area contributed by atoms with Gasteiger partial charge in [-0.25, -0.2) is 8.78 Å². The number of benzene rings is 2. The molecule has 3 aliphatic rings. The molecule has 3 aliphatic heterocycles. The Morgan fingerprint density at radius 2 is 2.04 bits per heavy atom. The summed E-state index contributed by atoms with van der Waals surface area (Å²) in [6.07, 6.45) is 2.98. The van der Waals surface area contributed by atoms with Crippen molar-refractivity contribution < 1.29 is 23.4 Å². The van der Waals surface area contributed by atoms with Gasteiger partial charge in [-0.1, -0.05) is 48.5 Å². The van der Waals surface area contributed by atoms with E-state index in [0.717, 1.165) is 24.8 Å². The maximum atomic E-state index is 16.7. The first-order valence-electron chi connectivity index (χ1n) is 15.1. The Morgan fingerprint density at radius 1 is 1.24 bits per heavy atom. The normalized spacial score (nSPS) is 24.8. The lowest BCUT2D eigenvalue weighted by molar-refractivity contribution is -0.125. The Morgan fingerprint density at radius 3 is 2.84 bits per heavy atom. The fraction of sp³-hybridized carbons (Fsp3) is 0.394. The molecule has 0 unspecified atom stereocenters. The maximum Gasteiger partial charge on any atom is 0.319 e. The zero-order valence-electron chi connectivity index (χ0n) is 24.8. The second-order valence-electron chi connectivity index (χ2n) is 12.2. The summed E-state index contributed by atoms with van der Waals surface area (Å²) in [5.41, 5.74) is 0.106. The van der Waals surface area contributed by atoms with E-state index in [1.54, 1.807) is 24.1 Å². The summed E-state index contributed by atoms with van der Waals surface area (Å²) in [6, 6.07) is 10.3. The van der Waals surface area contributed by atoms with E-state index in [0.29, 0.717) is 34.3 Å². The highest BCUT2D eigenvalue weighted by Crippen LogP contribution is 2.41. The zero-order chi connectivity index (χ0) is 31.5. The maximum absolute atomic E-state index is 16.7. The van der Waals surface area contributed by atoms with Gasteiger partial charge in [-0.15, -0.1) is 0 Å². The number of likely N-dealkylation sites (N-methyl/N-ethyl adjacent to an activating group) is 1. The van der Waals surface area contributed by atoms with E-state index in [1.807, 2.05) is 24.3 Å². The molecule has 0 bridgehead atoms. The molecule has 1 N–H and O–H groups in total. The molecule has 4 atom stereocenters. The Hall–Kier alpha value is -3.93. The number of fused-ring (bicyclic) bond motifs is 3. The topological polar surface area (TPSA) is 94.9 Å². The van der Waals surface area contributed by atoms with Crippen molar-refractivity contribution in [2.45, 2.75) is 43.1 Å². The van der Waals surface area contributed by atoms with Crippen LogP contribution < -0.4 is 9.64 Å². The molecule has 0 aliphatic carbocycles. The number of pyridine rings is 1. The minimum Gasteiger partial charge on any atom is -0.461 e. The number of hydrogen-bond acceptors (Lipinski definition) is 8. The summed E-state index contributed by atoms with van der Waals surface area (Å²) in [4.78, 5) is 31.4. The van der Waals surface area contributed by atoms with Crippen LogP contribution in [0.15, 0.2) is 55.3 Å². The predicted molar refractivity (Wildman–Crippen MR) is 169 cm³/mol. The van der Waals surface area contributed by atoms with Crippen LogP contribution in [-0.4, -0.2) is 99.5 Å². The van der Waals surface area contributed by atoms with Gasteiger partial charge >= 0.3 is 6.01 Å². The van der Waals surface area contributed by atoms with Crippen molar-refractivity contribution in [1.29, 1.82) is 0 Å². The fourth-order valence-electron chi connectivity index (χ4n) is 7.30. The molecule has 234 valence electrons. The highest BCUT2D eigenvalue weighted by molar-refractivity contribution is 6.36. The second-order valence-corrected chi connectivity index (χ2v) is 12.6. The Labute approximate surface area is 264 Å². The van der Waals surface area contributed by atoms with Crippen LogP contribution in [0.3, 0.4) is 0 Å². The first-order chi connectivity index (χ1) is 21.7. The van der Waals surface area contributed by atoms with Crippen LogP contribution in [0.4, 0.5) is 14.6 Å². The standard InChI is InChI=1S/C33H33ClF2N6O3/c1-3-26(44)41-16-24(25(43)17-41)40(2)31-22-14-37-29(21-9-4-7-19-8-5-10-23(34)27(19)21)28(36)30(22)38-32(39-31)45-18-33-11-6-12-42(33)15-20(35)13-33/h3-5,7-10,14,20,24-25,43H,1,6,11-13,15-18H2,2H3/t20-,24+,25+,33+/m1/s1. The molecule has 0 spiro atoms. The summed E-state index contributed by atoms with van der Waals surface area (Å²) in [5, 5.41) is 13.2. The van der Waals surface area contributed by atoms with Crippen LogP contribution in [-0.2, 0) is 4.79 Å². The second kappa shape index (κ2) is 11.5. The highest BCUT2D eigenvalue weighted by Gasteiger charge is 2.49. The number of aliphatic hydroxyl groups is 1. The number of aliphatic hydroxyl groups excluding tert-OH is 1. The smallest absolute Gasteiger partial charge is 0.319 e. The lowest BCUT2D eigenvalue weighted by Crippen LogP contribution is -2.44. The van der Waals surface area contributed by atoms with Gasteiger partial charge in [-0.2, -0.15) is 9.97 Å². The molecule has 1 amide bonds. The molecule has 3 saturated heterocycles. The van der Waals surface area contributed by atoms with Crippen LogP contribution in [0.1, 0.15) is 19.3 Å². The first kappa shape index (κ1) is 29.8. The van der Waals surface area contributed by atoms with E-state index >= 15 is 4.39 Å². The average molecular weight is 635 g/mol. The minimum atomic E-state index is -0.934. The number of likely N-dealkylation sites (tertiary alicyclic amines) is 1. The molecular weight excluding hydrogens is 602 g/mol. The van der Waals surface area contributed by atoms with Crippen molar-refractivity contribution in [3.63, 3.8) is 0 Å². The van der Waals surface area contributed by atoms with E-state index < -0.39 is 29.7 Å². The minimum absolute atomic E-state index is 0.0158. The van der Waals surface area contributed by atoms with Gasteiger partial charge in [0.2, 0.25) is 5.91 Å². The molecule has 3 fully saturated rings. The summed E-state index contributed by atoms with van der Waals surface area (Å²) < 4.78 is 37.3. The van der Waals surface area contributed by atoms with Gasteiger partial charge in [0, 0.05) is 55.3 Å². The van der Waals surface area contributed by atoms with Crippen LogP contribution in [0.5, 0.6) is 6.01 Å². The number of ether oxygens (including phenoxy) is 1. The Kier molecular flexibility index (Phi) is 7.58. The number of β-amino-alcohol motifs (C(OH)–C–C–N with tert-alkyl or cyclic N) is 1. The summed E-state index contributed by atoms with van der Waals surface area (Å²) in [7, 11) is 1.72. The molecule has 5 heterocycles. The van der Waals surface area contributed by atoms with E-state index in [9.17, 15) is 14.3 Å². The van der Waals surface area contributed by atoms with Crippen LogP contribution in [0, 0.1) is 5.82 Å². The van der Waals surface area contributed by atoms with E-state index in [1.165, 1.54) is 17.2 Å². The van der Waals surface area contributed by atoms with Crippen molar-refractivity contribution in [2.24, 2.45) is 0 Å².